The highest BCUT2D eigenvalue weighted by molar-refractivity contribution is 7.79. The molecule has 0 radical (unpaired) electrons. The van der Waals surface area contributed by atoms with Crippen LogP contribution >= 0.6 is 35.6 Å². The number of halogens is 1. The second-order valence-corrected chi connectivity index (χ2v) is 7.91. The predicted molar refractivity (Wildman–Crippen MR) is 125 cm³/mol. The van der Waals surface area contributed by atoms with E-state index in [1.807, 2.05) is 20.8 Å². The van der Waals surface area contributed by atoms with Gasteiger partial charge in [-0.3, -0.25) is 4.79 Å². The second-order valence-electron chi connectivity index (χ2n) is 6.22. The molecule has 2 heterocycles. The first-order chi connectivity index (χ1) is 13.8. The number of rotatable bonds is 5. The van der Waals surface area contributed by atoms with E-state index in [4.69, 9.17) is 22.1 Å². The third-order valence-corrected chi connectivity index (χ3v) is 4.83. The van der Waals surface area contributed by atoms with E-state index in [1.54, 1.807) is 42.9 Å². The Morgan fingerprint density at radius 3 is 2.45 bits per heavy atom. The van der Waals surface area contributed by atoms with Crippen molar-refractivity contribution in [2.24, 2.45) is 0 Å². The van der Waals surface area contributed by atoms with Gasteiger partial charge in [-0.2, -0.15) is 12.6 Å². The molecule has 9 heteroatoms. The number of ether oxygens (including phenoxy) is 1. The number of hydrogen-bond donors (Lipinski definition) is 3. The summed E-state index contributed by atoms with van der Waals surface area (Å²) in [4.78, 5) is 22.8. The van der Waals surface area contributed by atoms with Crippen LogP contribution in [0.3, 0.4) is 0 Å². The van der Waals surface area contributed by atoms with Crippen LogP contribution in [0.25, 0.3) is 11.4 Å². The van der Waals surface area contributed by atoms with Gasteiger partial charge in [0.2, 0.25) is 0 Å². The summed E-state index contributed by atoms with van der Waals surface area (Å²) in [7, 11) is 0. The number of amides is 1. The van der Waals surface area contributed by atoms with Gasteiger partial charge in [-0.15, -0.1) is 11.3 Å². The highest BCUT2D eigenvalue weighted by Gasteiger charge is 2.16. The van der Waals surface area contributed by atoms with Crippen molar-refractivity contribution in [3.63, 3.8) is 0 Å². The molecule has 0 atom stereocenters. The molecule has 3 aromatic rings. The molecule has 0 bridgehead atoms. The minimum Gasteiger partial charge on any atom is -0.488 e. The van der Waals surface area contributed by atoms with Crippen LogP contribution < -0.4 is 15.8 Å². The van der Waals surface area contributed by atoms with Crippen molar-refractivity contribution >= 4 is 52.8 Å². The zero-order valence-corrected chi connectivity index (χ0v) is 19.0. The number of thiol groups is 1. The number of carbonyl (C=O) groups is 1. The highest BCUT2D eigenvalue weighted by atomic mass is 35.5. The lowest BCUT2D eigenvalue weighted by atomic mass is 10.2. The summed E-state index contributed by atoms with van der Waals surface area (Å²) in [6.45, 7) is 5.81. The maximum Gasteiger partial charge on any atom is 0.265 e. The van der Waals surface area contributed by atoms with Crippen LogP contribution in [0.1, 0.15) is 28.4 Å². The first-order valence-electron chi connectivity index (χ1n) is 8.73. The lowest BCUT2D eigenvalue weighted by Gasteiger charge is -2.08. The quantitative estimate of drug-likeness (QED) is 0.361. The second kappa shape index (κ2) is 10.5. The molecule has 0 unspecified atom stereocenters. The normalized spacial score (nSPS) is 10.3. The molecule has 0 aliphatic heterocycles. The third-order valence-electron chi connectivity index (χ3n) is 3.56. The largest absolute Gasteiger partial charge is 0.488 e. The molecule has 0 saturated heterocycles. The van der Waals surface area contributed by atoms with E-state index in [9.17, 15) is 4.79 Å². The van der Waals surface area contributed by atoms with Crippen molar-refractivity contribution in [3.05, 3.63) is 51.4 Å². The summed E-state index contributed by atoms with van der Waals surface area (Å²) in [5.41, 5.74) is 7.60. The zero-order chi connectivity index (χ0) is 21.6. The molecule has 0 fully saturated rings. The van der Waals surface area contributed by atoms with Crippen molar-refractivity contribution in [1.82, 2.24) is 9.97 Å². The fourth-order valence-electron chi connectivity index (χ4n) is 2.48. The number of hydrogen-bond acceptors (Lipinski definition) is 7. The molecule has 2 aromatic heterocycles. The molecule has 0 aliphatic rings. The molecular weight excluding hydrogens is 428 g/mol. The number of benzene rings is 1. The van der Waals surface area contributed by atoms with E-state index in [1.165, 1.54) is 11.3 Å². The summed E-state index contributed by atoms with van der Waals surface area (Å²) in [6.07, 6.45) is 5.01. The minimum atomic E-state index is -0.240. The first kappa shape index (κ1) is 23.0. The van der Waals surface area contributed by atoms with Crippen molar-refractivity contribution in [2.75, 3.05) is 17.3 Å². The van der Waals surface area contributed by atoms with E-state index in [0.29, 0.717) is 32.8 Å². The molecule has 0 spiro atoms. The number of carbonyl (C=O) groups excluding carboxylic acids is 1. The van der Waals surface area contributed by atoms with Crippen molar-refractivity contribution in [3.8, 4) is 17.1 Å². The van der Waals surface area contributed by atoms with Gasteiger partial charge in [-0.05, 0) is 51.3 Å². The maximum atomic E-state index is 12.6. The lowest BCUT2D eigenvalue weighted by Crippen LogP contribution is -2.10. The minimum absolute atomic E-state index is 0.0539. The Morgan fingerprint density at radius 2 is 1.86 bits per heavy atom. The van der Waals surface area contributed by atoms with E-state index < -0.39 is 0 Å². The van der Waals surface area contributed by atoms with Crippen molar-refractivity contribution in [1.29, 1.82) is 0 Å². The molecular formula is C20H23ClN4O2S2. The molecule has 1 aromatic carbocycles. The predicted octanol–water partition coefficient (Wildman–Crippen LogP) is 5.33. The SMILES string of the molecule is CS.Cc1sc(C(=O)Nc2cc(N)cc(Cl)c2)cc1-c1ncc(OC(C)C)cn1. The molecule has 154 valence electrons. The number of nitrogen functional groups attached to an aromatic ring is 1. The maximum absolute atomic E-state index is 12.6. The van der Waals surface area contributed by atoms with Gasteiger partial charge in [0.15, 0.2) is 11.6 Å². The standard InChI is InChI=1S/C19H19ClN4O2S.CH4S/c1-10(2)26-15-8-22-18(23-9-15)16-7-17(27-11(16)3)19(25)24-14-5-12(20)4-13(21)6-14;1-2/h4-10H,21H2,1-3H3,(H,24,25);2H,1H3. The van der Waals surface area contributed by atoms with Crippen LogP contribution in [0, 0.1) is 6.92 Å². The Morgan fingerprint density at radius 1 is 1.21 bits per heavy atom. The van der Waals surface area contributed by atoms with Gasteiger partial charge in [0.1, 0.15) is 0 Å². The van der Waals surface area contributed by atoms with E-state index in [-0.39, 0.29) is 12.0 Å². The molecule has 29 heavy (non-hydrogen) atoms. The zero-order valence-electron chi connectivity index (χ0n) is 16.6. The Balaban J connectivity index is 0.00000145. The molecule has 1 amide bonds. The molecule has 0 aliphatic carbocycles. The molecule has 6 nitrogen and oxygen atoms in total. The highest BCUT2D eigenvalue weighted by Crippen LogP contribution is 2.30. The fourth-order valence-corrected chi connectivity index (χ4v) is 3.64. The summed E-state index contributed by atoms with van der Waals surface area (Å²) < 4.78 is 5.56. The van der Waals surface area contributed by atoms with Crippen molar-refractivity contribution < 1.29 is 9.53 Å². The first-order valence-corrected chi connectivity index (χ1v) is 10.8. The average Bonchev–Trinajstić information content (AvgIpc) is 3.04. The smallest absolute Gasteiger partial charge is 0.265 e. The van der Waals surface area contributed by atoms with E-state index in [0.717, 1.165) is 10.4 Å². The number of aryl methyl sites for hydroxylation is 1. The van der Waals surface area contributed by atoms with Crippen LogP contribution in [0.4, 0.5) is 11.4 Å². The number of nitrogens with one attached hydrogen (secondary N) is 1. The van der Waals surface area contributed by atoms with Crippen molar-refractivity contribution in [2.45, 2.75) is 26.9 Å². The van der Waals surface area contributed by atoms with Crippen LogP contribution in [-0.4, -0.2) is 28.2 Å². The fraction of sp³-hybridized carbons (Fsp3) is 0.250. The van der Waals surface area contributed by atoms with Gasteiger partial charge in [0.25, 0.3) is 5.91 Å². The van der Waals surface area contributed by atoms with Gasteiger partial charge in [-0.25, -0.2) is 9.97 Å². The van der Waals surface area contributed by atoms with Crippen LogP contribution in [0.2, 0.25) is 5.02 Å². The Kier molecular flexibility index (Phi) is 8.31. The summed E-state index contributed by atoms with van der Waals surface area (Å²) >= 11 is 10.9. The monoisotopic (exact) mass is 450 g/mol. The number of thiophene rings is 1. The summed E-state index contributed by atoms with van der Waals surface area (Å²) in [5.74, 6) is 0.917. The third kappa shape index (κ3) is 6.35. The topological polar surface area (TPSA) is 90.1 Å². The van der Waals surface area contributed by atoms with E-state index >= 15 is 0 Å². The Labute approximate surface area is 184 Å². The molecule has 3 rings (SSSR count). The molecule has 3 N–H and O–H groups in total. The van der Waals surface area contributed by atoms with Crippen LogP contribution in [0.15, 0.2) is 36.7 Å². The summed E-state index contributed by atoms with van der Waals surface area (Å²) in [6, 6.07) is 6.70. The lowest BCUT2D eigenvalue weighted by molar-refractivity contribution is 0.103. The number of aromatic nitrogens is 2. The van der Waals surface area contributed by atoms with Gasteiger partial charge in [0, 0.05) is 26.8 Å². The van der Waals surface area contributed by atoms with Gasteiger partial charge in [0.05, 0.1) is 23.4 Å². The number of nitrogens with zero attached hydrogens (tertiary/aromatic N) is 2. The van der Waals surface area contributed by atoms with Gasteiger partial charge >= 0.3 is 0 Å². The summed E-state index contributed by atoms with van der Waals surface area (Å²) in [5, 5.41) is 3.27. The van der Waals surface area contributed by atoms with Crippen LogP contribution in [0.5, 0.6) is 5.75 Å². The Hall–Kier alpha value is -2.29. The number of nitrogens with two attached hydrogens (primary N) is 1. The van der Waals surface area contributed by atoms with Gasteiger partial charge < -0.3 is 15.8 Å². The van der Waals surface area contributed by atoms with E-state index in [2.05, 4.69) is 27.9 Å². The van der Waals surface area contributed by atoms with Crippen LogP contribution in [-0.2, 0) is 0 Å². The van der Waals surface area contributed by atoms with Gasteiger partial charge in [-0.1, -0.05) is 11.6 Å². The average molecular weight is 451 g/mol. The molecule has 0 saturated carbocycles. The number of anilines is 2. The Bertz CT molecular complexity index is 955.